The highest BCUT2D eigenvalue weighted by molar-refractivity contribution is 6.09. The number of aliphatic hydroxyl groups excluding tert-OH is 1. The number of nitrogens with one attached hydrogen (secondary N) is 1. The van der Waals surface area contributed by atoms with Crippen molar-refractivity contribution < 1.29 is 19.0 Å². The SMILES string of the molecule is Cn1c(NCCN(CCO)CCCOc2ccc(C(=O)c3ccccc3)cc2F)cc(=O)n(C)c1=O. The van der Waals surface area contributed by atoms with Crippen molar-refractivity contribution in [3.63, 3.8) is 0 Å². The second-order valence-electron chi connectivity index (χ2n) is 8.30. The third kappa shape index (κ3) is 6.89. The third-order valence-corrected chi connectivity index (χ3v) is 5.78. The second-order valence-corrected chi connectivity index (χ2v) is 8.30. The molecule has 2 N–H and O–H groups in total. The fourth-order valence-electron chi connectivity index (χ4n) is 3.71. The van der Waals surface area contributed by atoms with Crippen molar-refractivity contribution in [2.75, 3.05) is 44.7 Å². The van der Waals surface area contributed by atoms with E-state index in [1.807, 2.05) is 11.0 Å². The van der Waals surface area contributed by atoms with Crippen LogP contribution in [-0.2, 0) is 14.1 Å². The highest BCUT2D eigenvalue weighted by atomic mass is 19.1. The van der Waals surface area contributed by atoms with Gasteiger partial charge in [0.05, 0.1) is 13.2 Å². The van der Waals surface area contributed by atoms with Crippen LogP contribution in [0.25, 0.3) is 0 Å². The molecule has 2 aromatic carbocycles. The number of nitrogens with zero attached hydrogens (tertiary/aromatic N) is 3. The Morgan fingerprint density at radius 2 is 1.75 bits per heavy atom. The molecule has 0 unspecified atom stereocenters. The molecule has 0 saturated heterocycles. The smallest absolute Gasteiger partial charge is 0.332 e. The number of halogens is 1. The molecule has 192 valence electrons. The van der Waals surface area contributed by atoms with Crippen molar-refractivity contribution in [1.29, 1.82) is 0 Å². The number of benzene rings is 2. The summed E-state index contributed by atoms with van der Waals surface area (Å²) in [5.41, 5.74) is -0.0730. The summed E-state index contributed by atoms with van der Waals surface area (Å²) in [6.07, 6.45) is 0.578. The maximum Gasteiger partial charge on any atom is 0.332 e. The molecule has 0 saturated carbocycles. The Balaban J connectivity index is 1.48. The van der Waals surface area contributed by atoms with Crippen LogP contribution in [0.1, 0.15) is 22.3 Å². The van der Waals surface area contributed by atoms with Crippen LogP contribution >= 0.6 is 0 Å². The Morgan fingerprint density at radius 3 is 2.44 bits per heavy atom. The molecular formula is C26H31FN4O5. The number of rotatable bonds is 13. The lowest BCUT2D eigenvalue weighted by Crippen LogP contribution is -2.38. The van der Waals surface area contributed by atoms with E-state index in [1.54, 1.807) is 37.4 Å². The van der Waals surface area contributed by atoms with Gasteiger partial charge in [-0.1, -0.05) is 30.3 Å². The Labute approximate surface area is 208 Å². The summed E-state index contributed by atoms with van der Waals surface area (Å²) in [5.74, 6) is -0.375. The van der Waals surface area contributed by atoms with Crippen LogP contribution in [0.5, 0.6) is 5.75 Å². The molecule has 0 atom stereocenters. The van der Waals surface area contributed by atoms with Gasteiger partial charge >= 0.3 is 5.69 Å². The van der Waals surface area contributed by atoms with Crippen LogP contribution in [0.4, 0.5) is 10.2 Å². The van der Waals surface area contributed by atoms with Crippen LogP contribution in [0, 0.1) is 5.82 Å². The highest BCUT2D eigenvalue weighted by Crippen LogP contribution is 2.20. The number of anilines is 1. The fourth-order valence-corrected chi connectivity index (χ4v) is 3.71. The molecule has 3 rings (SSSR count). The average molecular weight is 499 g/mol. The molecule has 0 aliphatic heterocycles. The molecule has 0 fully saturated rings. The molecule has 0 aliphatic rings. The minimum atomic E-state index is -0.604. The number of ether oxygens (including phenoxy) is 1. The molecule has 0 radical (unpaired) electrons. The van der Waals surface area contributed by atoms with E-state index in [0.717, 1.165) is 4.57 Å². The second kappa shape index (κ2) is 12.8. The molecule has 3 aromatic rings. The summed E-state index contributed by atoms with van der Waals surface area (Å²) in [5, 5.41) is 12.4. The molecular weight excluding hydrogens is 467 g/mol. The standard InChI is InChI=1S/C26H31FN4O5/c1-29-23(18-24(33)30(2)26(29)35)28-11-13-31(14-15-32)12-6-16-36-22-10-9-20(17-21(22)27)25(34)19-7-4-3-5-8-19/h3-5,7-10,17-18,28,32H,6,11-16H2,1-2H3. The quantitative estimate of drug-likeness (QED) is 0.273. The van der Waals surface area contributed by atoms with Gasteiger partial charge in [0.25, 0.3) is 5.56 Å². The van der Waals surface area contributed by atoms with E-state index in [4.69, 9.17) is 4.74 Å². The molecule has 10 heteroatoms. The largest absolute Gasteiger partial charge is 0.490 e. The van der Waals surface area contributed by atoms with Crippen LogP contribution in [-0.4, -0.2) is 64.3 Å². The summed E-state index contributed by atoms with van der Waals surface area (Å²) in [4.78, 5) is 38.4. The first-order chi connectivity index (χ1) is 17.3. The van der Waals surface area contributed by atoms with E-state index in [9.17, 15) is 23.9 Å². The van der Waals surface area contributed by atoms with Gasteiger partial charge in [0.1, 0.15) is 5.82 Å². The first kappa shape index (κ1) is 26.8. The maximum absolute atomic E-state index is 14.5. The lowest BCUT2D eigenvalue weighted by molar-refractivity contribution is 0.103. The van der Waals surface area contributed by atoms with Gasteiger partial charge in [-0.25, -0.2) is 9.18 Å². The summed E-state index contributed by atoms with van der Waals surface area (Å²) in [6, 6.07) is 14.2. The van der Waals surface area contributed by atoms with Crippen LogP contribution < -0.4 is 21.3 Å². The number of carbonyl (C=O) groups excluding carboxylic acids is 1. The number of aliphatic hydroxyl groups is 1. The summed E-state index contributed by atoms with van der Waals surface area (Å²) in [7, 11) is 3.00. The van der Waals surface area contributed by atoms with Crippen LogP contribution in [0.2, 0.25) is 0 Å². The van der Waals surface area contributed by atoms with Crippen molar-refractivity contribution >= 4 is 11.6 Å². The zero-order valence-corrected chi connectivity index (χ0v) is 20.4. The monoisotopic (exact) mass is 498 g/mol. The average Bonchev–Trinajstić information content (AvgIpc) is 2.89. The number of hydrogen-bond donors (Lipinski definition) is 2. The lowest BCUT2D eigenvalue weighted by atomic mass is 10.0. The van der Waals surface area contributed by atoms with Crippen LogP contribution in [0.15, 0.2) is 64.2 Å². The van der Waals surface area contributed by atoms with Gasteiger partial charge in [0.2, 0.25) is 0 Å². The normalized spacial score (nSPS) is 11.0. The van der Waals surface area contributed by atoms with E-state index in [0.29, 0.717) is 44.0 Å². The van der Waals surface area contributed by atoms with E-state index >= 15 is 0 Å². The van der Waals surface area contributed by atoms with Gasteiger partial charge in [0.15, 0.2) is 17.3 Å². The van der Waals surface area contributed by atoms with Crippen LogP contribution in [0.3, 0.4) is 0 Å². The summed E-state index contributed by atoms with van der Waals surface area (Å²) in [6.45, 7) is 2.24. The zero-order chi connectivity index (χ0) is 26.1. The van der Waals surface area contributed by atoms with Gasteiger partial charge in [-0.2, -0.15) is 0 Å². The Kier molecular flexibility index (Phi) is 9.54. The van der Waals surface area contributed by atoms with Gasteiger partial charge in [-0.3, -0.25) is 23.6 Å². The minimum Gasteiger partial charge on any atom is -0.490 e. The minimum absolute atomic E-state index is 0.0310. The van der Waals surface area contributed by atoms with E-state index in [2.05, 4.69) is 5.32 Å². The van der Waals surface area contributed by atoms with Gasteiger partial charge in [-0.05, 0) is 24.6 Å². The molecule has 0 bridgehead atoms. The van der Waals surface area contributed by atoms with Crippen molar-refractivity contribution in [2.45, 2.75) is 6.42 Å². The van der Waals surface area contributed by atoms with Gasteiger partial charge < -0.3 is 15.2 Å². The van der Waals surface area contributed by atoms with Crippen molar-refractivity contribution in [2.24, 2.45) is 14.1 Å². The molecule has 0 spiro atoms. The third-order valence-electron chi connectivity index (χ3n) is 5.78. The van der Waals surface area contributed by atoms with Crippen molar-refractivity contribution in [3.05, 3.63) is 92.4 Å². The van der Waals surface area contributed by atoms with E-state index < -0.39 is 17.1 Å². The molecule has 1 heterocycles. The van der Waals surface area contributed by atoms with E-state index in [1.165, 1.54) is 29.8 Å². The topological polar surface area (TPSA) is 106 Å². The molecule has 0 aliphatic carbocycles. The van der Waals surface area contributed by atoms with Gasteiger partial charge in [0, 0.05) is 57.5 Å². The fraction of sp³-hybridized carbons (Fsp3) is 0.346. The Bertz CT molecular complexity index is 1290. The highest BCUT2D eigenvalue weighted by Gasteiger charge is 2.13. The Morgan fingerprint density at radius 1 is 1.00 bits per heavy atom. The van der Waals surface area contributed by atoms with Crippen molar-refractivity contribution in [3.8, 4) is 5.75 Å². The zero-order valence-electron chi connectivity index (χ0n) is 20.4. The number of ketones is 1. The number of carbonyl (C=O) groups is 1. The number of aromatic nitrogens is 2. The summed E-state index contributed by atoms with van der Waals surface area (Å²) >= 11 is 0. The molecule has 0 amide bonds. The first-order valence-electron chi connectivity index (χ1n) is 11.7. The van der Waals surface area contributed by atoms with E-state index in [-0.39, 0.29) is 30.3 Å². The van der Waals surface area contributed by atoms with Crippen molar-refractivity contribution in [1.82, 2.24) is 14.0 Å². The predicted molar refractivity (Wildman–Crippen MR) is 135 cm³/mol. The molecule has 1 aromatic heterocycles. The summed E-state index contributed by atoms with van der Waals surface area (Å²) < 4.78 is 22.5. The molecule has 9 nitrogen and oxygen atoms in total. The Hall–Kier alpha value is -3.76. The number of hydrogen-bond acceptors (Lipinski definition) is 7. The predicted octanol–water partition coefficient (Wildman–Crippen LogP) is 1.63. The lowest BCUT2D eigenvalue weighted by Gasteiger charge is -2.22. The molecule has 36 heavy (non-hydrogen) atoms. The van der Waals surface area contributed by atoms with Gasteiger partial charge in [-0.15, -0.1) is 0 Å². The first-order valence-corrected chi connectivity index (χ1v) is 11.7. The maximum atomic E-state index is 14.5.